The summed E-state index contributed by atoms with van der Waals surface area (Å²) in [6.45, 7) is 2.05. The number of anilines is 1. The van der Waals surface area contributed by atoms with Gasteiger partial charge in [-0.1, -0.05) is 13.0 Å². The molecule has 0 bridgehead atoms. The molecule has 0 spiro atoms. The highest BCUT2D eigenvalue weighted by Gasteiger charge is 2.19. The van der Waals surface area contributed by atoms with E-state index in [1.807, 2.05) is 30.5 Å². The minimum atomic E-state index is -0.188. The van der Waals surface area contributed by atoms with E-state index < -0.39 is 0 Å². The summed E-state index contributed by atoms with van der Waals surface area (Å²) in [6.07, 6.45) is 0.830. The highest BCUT2D eigenvalue weighted by molar-refractivity contribution is 7.10. The van der Waals surface area contributed by atoms with E-state index in [0.29, 0.717) is 11.4 Å². The number of H-pyrrole nitrogens is 1. The second-order valence-electron chi connectivity index (χ2n) is 4.83. The lowest BCUT2D eigenvalue weighted by Gasteiger charge is -2.14. The van der Waals surface area contributed by atoms with Crippen LogP contribution in [0.2, 0.25) is 0 Å². The lowest BCUT2D eigenvalue weighted by molar-refractivity contribution is 0.0933. The molecule has 4 N–H and O–H groups in total. The largest absolute Gasteiger partial charge is 0.399 e. The molecule has 5 nitrogen and oxygen atoms in total. The molecule has 3 aromatic rings. The Labute approximate surface area is 126 Å². The summed E-state index contributed by atoms with van der Waals surface area (Å²) in [6, 6.07) is 9.39. The Morgan fingerprint density at radius 3 is 3.05 bits per heavy atom. The minimum Gasteiger partial charge on any atom is -0.399 e. The Morgan fingerprint density at radius 1 is 1.48 bits per heavy atom. The maximum atomic E-state index is 12.5. The number of hydrogen-bond acceptors (Lipinski definition) is 4. The average Bonchev–Trinajstić information content (AvgIpc) is 3.13. The van der Waals surface area contributed by atoms with Gasteiger partial charge in [-0.05, 0) is 36.1 Å². The maximum absolute atomic E-state index is 12.5. The summed E-state index contributed by atoms with van der Waals surface area (Å²) in [5.41, 5.74) is 7.59. The zero-order chi connectivity index (χ0) is 14.8. The lowest BCUT2D eigenvalue weighted by Crippen LogP contribution is -2.28. The second-order valence-corrected chi connectivity index (χ2v) is 5.81. The van der Waals surface area contributed by atoms with Crippen molar-refractivity contribution in [2.45, 2.75) is 19.4 Å². The molecule has 0 aliphatic heterocycles. The highest BCUT2D eigenvalue weighted by atomic mass is 32.1. The second kappa shape index (κ2) is 5.57. The van der Waals surface area contributed by atoms with E-state index in [4.69, 9.17) is 5.73 Å². The number of carbonyl (C=O) groups excluding carboxylic acids is 1. The molecule has 0 saturated heterocycles. The fourth-order valence-corrected chi connectivity index (χ4v) is 3.16. The molecule has 3 rings (SSSR count). The van der Waals surface area contributed by atoms with Crippen molar-refractivity contribution in [3.8, 4) is 0 Å². The number of nitrogens with two attached hydrogens (primary N) is 1. The number of aromatic amines is 1. The van der Waals surface area contributed by atoms with Crippen LogP contribution in [0, 0.1) is 0 Å². The minimum absolute atomic E-state index is 0.00492. The van der Waals surface area contributed by atoms with Gasteiger partial charge in [0, 0.05) is 16.0 Å². The third kappa shape index (κ3) is 2.62. The van der Waals surface area contributed by atoms with E-state index >= 15 is 0 Å². The van der Waals surface area contributed by atoms with Crippen LogP contribution in [0.5, 0.6) is 0 Å². The van der Waals surface area contributed by atoms with Crippen molar-refractivity contribution in [1.82, 2.24) is 15.5 Å². The predicted molar refractivity (Wildman–Crippen MR) is 85.3 cm³/mol. The van der Waals surface area contributed by atoms with Crippen molar-refractivity contribution in [3.05, 3.63) is 46.3 Å². The van der Waals surface area contributed by atoms with E-state index in [1.54, 1.807) is 23.5 Å². The van der Waals surface area contributed by atoms with Gasteiger partial charge in [0.15, 0.2) is 5.69 Å². The molecule has 0 aliphatic carbocycles. The number of carbonyl (C=O) groups is 1. The van der Waals surface area contributed by atoms with Crippen LogP contribution < -0.4 is 11.1 Å². The lowest BCUT2D eigenvalue weighted by atomic mass is 10.1. The third-order valence-corrected chi connectivity index (χ3v) is 4.39. The number of benzene rings is 1. The molecule has 1 atom stereocenters. The smallest absolute Gasteiger partial charge is 0.272 e. The van der Waals surface area contributed by atoms with E-state index in [2.05, 4.69) is 15.5 Å². The van der Waals surface area contributed by atoms with Gasteiger partial charge in [0.1, 0.15) is 0 Å². The Kier molecular flexibility index (Phi) is 3.62. The van der Waals surface area contributed by atoms with Crippen LogP contribution in [0.4, 0.5) is 5.69 Å². The molecule has 0 radical (unpaired) electrons. The van der Waals surface area contributed by atoms with Gasteiger partial charge < -0.3 is 11.1 Å². The summed E-state index contributed by atoms with van der Waals surface area (Å²) in [7, 11) is 0. The molecule has 1 amide bonds. The summed E-state index contributed by atoms with van der Waals surface area (Å²) >= 11 is 1.64. The molecule has 0 saturated carbocycles. The van der Waals surface area contributed by atoms with Gasteiger partial charge >= 0.3 is 0 Å². The Bertz CT molecular complexity index is 763. The Balaban J connectivity index is 1.88. The quantitative estimate of drug-likeness (QED) is 0.647. The van der Waals surface area contributed by atoms with E-state index in [0.717, 1.165) is 22.2 Å². The van der Waals surface area contributed by atoms with Crippen molar-refractivity contribution >= 4 is 33.8 Å². The van der Waals surface area contributed by atoms with Crippen molar-refractivity contribution < 1.29 is 4.79 Å². The summed E-state index contributed by atoms with van der Waals surface area (Å²) in [4.78, 5) is 13.6. The molecular formula is C15H16N4OS. The first-order valence-corrected chi connectivity index (χ1v) is 7.65. The Hall–Kier alpha value is -2.34. The molecule has 1 unspecified atom stereocenters. The topological polar surface area (TPSA) is 83.8 Å². The SMILES string of the molecule is CCC(NC(=O)c1n[nH]c2ccc(N)cc12)c1cccs1. The molecular weight excluding hydrogens is 284 g/mol. The van der Waals surface area contributed by atoms with Crippen LogP contribution in [0.25, 0.3) is 10.9 Å². The zero-order valence-electron chi connectivity index (χ0n) is 11.6. The summed E-state index contributed by atoms with van der Waals surface area (Å²) in [5, 5.41) is 12.8. The fourth-order valence-electron chi connectivity index (χ4n) is 2.30. The average molecular weight is 300 g/mol. The molecule has 6 heteroatoms. The van der Waals surface area contributed by atoms with Crippen molar-refractivity contribution in [2.75, 3.05) is 5.73 Å². The monoisotopic (exact) mass is 300 g/mol. The van der Waals surface area contributed by atoms with Crippen LogP contribution in [-0.4, -0.2) is 16.1 Å². The number of fused-ring (bicyclic) bond motifs is 1. The number of thiophene rings is 1. The number of rotatable bonds is 4. The molecule has 0 fully saturated rings. The molecule has 0 aliphatic rings. The number of nitrogens with one attached hydrogen (secondary N) is 2. The number of nitrogens with zero attached hydrogens (tertiary/aromatic N) is 1. The predicted octanol–water partition coefficient (Wildman–Crippen LogP) is 3.09. The van der Waals surface area contributed by atoms with Crippen molar-refractivity contribution in [1.29, 1.82) is 0 Å². The zero-order valence-corrected chi connectivity index (χ0v) is 12.4. The van der Waals surface area contributed by atoms with Crippen molar-refractivity contribution in [3.63, 3.8) is 0 Å². The molecule has 2 aromatic heterocycles. The van der Waals surface area contributed by atoms with E-state index in [-0.39, 0.29) is 11.9 Å². The first kappa shape index (κ1) is 13.6. The van der Waals surface area contributed by atoms with Crippen molar-refractivity contribution in [2.24, 2.45) is 0 Å². The first-order chi connectivity index (χ1) is 10.2. The number of hydrogen-bond donors (Lipinski definition) is 3. The fraction of sp³-hybridized carbons (Fsp3) is 0.200. The van der Waals surface area contributed by atoms with Gasteiger partial charge in [-0.25, -0.2) is 0 Å². The van der Waals surface area contributed by atoms with Gasteiger partial charge in [-0.15, -0.1) is 11.3 Å². The highest BCUT2D eigenvalue weighted by Crippen LogP contribution is 2.23. The molecule has 2 heterocycles. The van der Waals surface area contributed by atoms with Gasteiger partial charge in [0.25, 0.3) is 5.91 Å². The number of nitrogen functional groups attached to an aromatic ring is 1. The normalized spacial score (nSPS) is 12.4. The maximum Gasteiger partial charge on any atom is 0.272 e. The van der Waals surface area contributed by atoms with E-state index in [1.165, 1.54) is 0 Å². The summed E-state index contributed by atoms with van der Waals surface area (Å²) < 4.78 is 0. The number of aromatic nitrogens is 2. The van der Waals surface area contributed by atoms with Crippen LogP contribution >= 0.6 is 11.3 Å². The molecule has 1 aromatic carbocycles. The standard InChI is InChI=1S/C15H16N4OS/c1-2-11(13-4-3-7-21-13)17-15(20)14-10-8-9(16)5-6-12(10)18-19-14/h3-8,11H,2,16H2,1H3,(H,17,20)(H,18,19). The van der Waals surface area contributed by atoms with Gasteiger partial charge in [0.05, 0.1) is 11.6 Å². The van der Waals surface area contributed by atoms with Crippen LogP contribution in [-0.2, 0) is 0 Å². The van der Waals surface area contributed by atoms with Crippen LogP contribution in [0.15, 0.2) is 35.7 Å². The van der Waals surface area contributed by atoms with Crippen LogP contribution in [0.3, 0.4) is 0 Å². The molecule has 108 valence electrons. The first-order valence-electron chi connectivity index (χ1n) is 6.77. The van der Waals surface area contributed by atoms with Gasteiger partial charge in [-0.3, -0.25) is 9.89 Å². The van der Waals surface area contributed by atoms with Crippen LogP contribution in [0.1, 0.15) is 34.8 Å². The summed E-state index contributed by atoms with van der Waals surface area (Å²) in [5.74, 6) is -0.188. The number of amides is 1. The van der Waals surface area contributed by atoms with E-state index in [9.17, 15) is 4.79 Å². The third-order valence-electron chi connectivity index (χ3n) is 3.40. The Morgan fingerprint density at radius 2 is 2.33 bits per heavy atom. The van der Waals surface area contributed by atoms with Gasteiger partial charge in [0.2, 0.25) is 0 Å². The molecule has 21 heavy (non-hydrogen) atoms. The van der Waals surface area contributed by atoms with Gasteiger partial charge in [-0.2, -0.15) is 5.10 Å².